The summed E-state index contributed by atoms with van der Waals surface area (Å²) in [5.41, 5.74) is 5.72. The van der Waals surface area contributed by atoms with Crippen molar-refractivity contribution in [1.82, 2.24) is 10.3 Å². The normalized spacial score (nSPS) is 12.6. The smallest absolute Gasteiger partial charge is 0.255 e. The monoisotopic (exact) mass is 386 g/mol. The summed E-state index contributed by atoms with van der Waals surface area (Å²) in [6, 6.07) is 20.7. The van der Waals surface area contributed by atoms with E-state index in [1.807, 2.05) is 19.0 Å². The highest BCUT2D eigenvalue weighted by atomic mass is 16.1. The fourth-order valence-electron chi connectivity index (χ4n) is 3.76. The lowest BCUT2D eigenvalue weighted by molar-refractivity contribution is 0.0951. The molecule has 5 heteroatoms. The van der Waals surface area contributed by atoms with Crippen molar-refractivity contribution in [2.24, 2.45) is 0 Å². The molecule has 0 spiro atoms. The zero-order chi connectivity index (χ0) is 20.2. The number of hydrogen-bond acceptors (Lipinski definition) is 4. The van der Waals surface area contributed by atoms with Crippen LogP contribution in [0.25, 0.3) is 0 Å². The molecule has 2 heterocycles. The highest BCUT2D eigenvalue weighted by molar-refractivity contribution is 5.98. The van der Waals surface area contributed by atoms with E-state index >= 15 is 0 Å². The number of pyridine rings is 1. The molecule has 3 aromatic rings. The first-order valence-corrected chi connectivity index (χ1v) is 9.93. The topological polar surface area (TPSA) is 48.5 Å². The van der Waals surface area contributed by atoms with Crippen LogP contribution in [0.1, 0.15) is 27.0 Å². The number of nitrogens with one attached hydrogen (secondary N) is 1. The lowest BCUT2D eigenvalue weighted by Crippen LogP contribution is -2.26. The minimum absolute atomic E-state index is 0.112. The fourth-order valence-corrected chi connectivity index (χ4v) is 3.76. The average Bonchev–Trinajstić information content (AvgIpc) is 3.16. The van der Waals surface area contributed by atoms with Crippen LogP contribution in [0.4, 0.5) is 11.5 Å². The van der Waals surface area contributed by atoms with Crippen LogP contribution >= 0.6 is 0 Å². The molecule has 0 radical (unpaired) electrons. The average molecular weight is 386 g/mol. The molecule has 148 valence electrons. The van der Waals surface area contributed by atoms with Gasteiger partial charge in [0.1, 0.15) is 5.82 Å². The molecule has 0 unspecified atom stereocenters. The molecular formula is C24H26N4O. The number of carbonyl (C=O) groups is 1. The third kappa shape index (κ3) is 4.24. The van der Waals surface area contributed by atoms with Crippen molar-refractivity contribution in [1.29, 1.82) is 0 Å². The highest BCUT2D eigenvalue weighted by Crippen LogP contribution is 2.28. The lowest BCUT2D eigenvalue weighted by Gasteiger charge is -2.19. The maximum absolute atomic E-state index is 12.6. The number of benzene rings is 2. The van der Waals surface area contributed by atoms with Gasteiger partial charge in [0.15, 0.2) is 0 Å². The summed E-state index contributed by atoms with van der Waals surface area (Å²) >= 11 is 0. The van der Waals surface area contributed by atoms with Crippen LogP contribution in [0, 0.1) is 0 Å². The van der Waals surface area contributed by atoms with Crippen LogP contribution in [0.2, 0.25) is 0 Å². The zero-order valence-corrected chi connectivity index (χ0v) is 16.9. The van der Waals surface area contributed by atoms with Crippen LogP contribution in [0.15, 0.2) is 66.9 Å². The number of rotatable bonds is 6. The molecule has 2 aromatic carbocycles. The Morgan fingerprint density at radius 3 is 2.59 bits per heavy atom. The predicted molar refractivity (Wildman–Crippen MR) is 117 cm³/mol. The molecule has 1 N–H and O–H groups in total. The van der Waals surface area contributed by atoms with E-state index in [4.69, 9.17) is 0 Å². The molecule has 0 fully saturated rings. The van der Waals surface area contributed by atoms with Gasteiger partial charge < -0.3 is 15.1 Å². The Balaban J connectivity index is 1.36. The zero-order valence-electron chi connectivity index (χ0n) is 16.9. The van der Waals surface area contributed by atoms with E-state index in [1.165, 1.54) is 16.8 Å². The van der Waals surface area contributed by atoms with Gasteiger partial charge in [-0.05, 0) is 41.3 Å². The largest absolute Gasteiger partial charge is 0.367 e. The third-order valence-electron chi connectivity index (χ3n) is 5.29. The van der Waals surface area contributed by atoms with Crippen LogP contribution in [-0.4, -0.2) is 31.5 Å². The molecule has 0 saturated heterocycles. The minimum Gasteiger partial charge on any atom is -0.367 e. The number of anilines is 2. The molecule has 0 atom stereocenters. The molecule has 0 bridgehead atoms. The SMILES string of the molecule is CN(C)c1ncccc1C(=O)NCc1ccc(CN2CCc3ccccc32)cc1. The molecule has 0 saturated carbocycles. The molecule has 1 aromatic heterocycles. The Hall–Kier alpha value is -3.34. The van der Waals surface area contributed by atoms with E-state index in [0.29, 0.717) is 17.9 Å². The second-order valence-electron chi connectivity index (χ2n) is 7.57. The molecule has 1 aliphatic heterocycles. The standard InChI is InChI=1S/C24H26N4O/c1-27(2)23-21(7-5-14-25-23)24(29)26-16-18-9-11-19(12-10-18)17-28-15-13-20-6-3-4-8-22(20)28/h3-12,14H,13,15-17H2,1-2H3,(H,26,29). The van der Waals surface area contributed by atoms with E-state index < -0.39 is 0 Å². The van der Waals surface area contributed by atoms with E-state index in [1.54, 1.807) is 18.3 Å². The van der Waals surface area contributed by atoms with Crippen molar-refractivity contribution in [3.63, 3.8) is 0 Å². The second kappa shape index (κ2) is 8.35. The van der Waals surface area contributed by atoms with Gasteiger partial charge in [-0.15, -0.1) is 0 Å². The molecule has 5 nitrogen and oxygen atoms in total. The van der Waals surface area contributed by atoms with Gasteiger partial charge in [-0.1, -0.05) is 42.5 Å². The summed E-state index contributed by atoms with van der Waals surface area (Å²) in [6.45, 7) is 2.47. The third-order valence-corrected chi connectivity index (χ3v) is 5.29. The number of nitrogens with zero attached hydrogens (tertiary/aromatic N) is 3. The van der Waals surface area contributed by atoms with Gasteiger partial charge in [0.25, 0.3) is 5.91 Å². The summed E-state index contributed by atoms with van der Waals surface area (Å²) in [5, 5.41) is 3.00. The van der Waals surface area contributed by atoms with Crippen molar-refractivity contribution in [3.8, 4) is 0 Å². The van der Waals surface area contributed by atoms with Crippen molar-refractivity contribution in [3.05, 3.63) is 89.1 Å². The Bertz CT molecular complexity index is 998. The number of carbonyl (C=O) groups excluding carboxylic acids is 1. The van der Waals surface area contributed by atoms with Gasteiger partial charge in [0.2, 0.25) is 0 Å². The Morgan fingerprint density at radius 2 is 1.79 bits per heavy atom. The number of hydrogen-bond donors (Lipinski definition) is 1. The lowest BCUT2D eigenvalue weighted by atomic mass is 10.1. The minimum atomic E-state index is -0.112. The second-order valence-corrected chi connectivity index (χ2v) is 7.57. The van der Waals surface area contributed by atoms with Gasteiger partial charge in [-0.3, -0.25) is 4.79 Å². The van der Waals surface area contributed by atoms with E-state index in [-0.39, 0.29) is 5.91 Å². The molecule has 0 aliphatic carbocycles. The summed E-state index contributed by atoms with van der Waals surface area (Å²) in [4.78, 5) is 21.1. The molecule has 1 aliphatic rings. The van der Waals surface area contributed by atoms with Crippen LogP contribution in [0.3, 0.4) is 0 Å². The van der Waals surface area contributed by atoms with E-state index in [9.17, 15) is 4.79 Å². The first-order valence-electron chi connectivity index (χ1n) is 9.93. The number of amides is 1. The van der Waals surface area contributed by atoms with Crippen LogP contribution in [0.5, 0.6) is 0 Å². The quantitative estimate of drug-likeness (QED) is 0.703. The van der Waals surface area contributed by atoms with Crippen molar-refractivity contribution in [2.45, 2.75) is 19.5 Å². The Morgan fingerprint density at radius 1 is 1.03 bits per heavy atom. The number of fused-ring (bicyclic) bond motifs is 1. The van der Waals surface area contributed by atoms with Crippen LogP contribution in [-0.2, 0) is 19.5 Å². The molecule has 29 heavy (non-hydrogen) atoms. The first-order chi connectivity index (χ1) is 14.1. The first kappa shape index (κ1) is 19.0. The summed E-state index contributed by atoms with van der Waals surface area (Å²) in [6.07, 6.45) is 2.81. The van der Waals surface area contributed by atoms with Gasteiger partial charge in [-0.25, -0.2) is 4.98 Å². The molecule has 1 amide bonds. The molecule has 4 rings (SSSR count). The van der Waals surface area contributed by atoms with Crippen molar-refractivity contribution in [2.75, 3.05) is 30.4 Å². The van der Waals surface area contributed by atoms with Gasteiger partial charge in [0.05, 0.1) is 5.56 Å². The van der Waals surface area contributed by atoms with Crippen molar-refractivity contribution < 1.29 is 4.79 Å². The predicted octanol–water partition coefficient (Wildman–Crippen LogP) is 3.64. The Kier molecular flexibility index (Phi) is 5.47. The van der Waals surface area contributed by atoms with Gasteiger partial charge >= 0.3 is 0 Å². The fraction of sp³-hybridized carbons (Fsp3) is 0.250. The van der Waals surface area contributed by atoms with Gasteiger partial charge in [0, 0.05) is 45.6 Å². The Labute approximate surface area is 172 Å². The maximum Gasteiger partial charge on any atom is 0.255 e. The highest BCUT2D eigenvalue weighted by Gasteiger charge is 2.18. The summed E-state index contributed by atoms with van der Waals surface area (Å²) < 4.78 is 0. The summed E-state index contributed by atoms with van der Waals surface area (Å²) in [5.74, 6) is 0.561. The van der Waals surface area contributed by atoms with E-state index in [0.717, 1.165) is 25.1 Å². The molecular weight excluding hydrogens is 360 g/mol. The van der Waals surface area contributed by atoms with Crippen molar-refractivity contribution >= 4 is 17.4 Å². The summed E-state index contributed by atoms with van der Waals surface area (Å²) in [7, 11) is 3.77. The van der Waals surface area contributed by atoms with Crippen LogP contribution < -0.4 is 15.1 Å². The van der Waals surface area contributed by atoms with Gasteiger partial charge in [-0.2, -0.15) is 0 Å². The maximum atomic E-state index is 12.6. The van der Waals surface area contributed by atoms with E-state index in [2.05, 4.69) is 63.7 Å². The number of aromatic nitrogens is 1. The number of para-hydroxylation sites is 1.